The summed E-state index contributed by atoms with van der Waals surface area (Å²) in [6.45, 7) is 0. The van der Waals surface area contributed by atoms with Crippen molar-refractivity contribution >= 4 is 11.1 Å². The largest absolute Gasteiger partial charge is 0.445 e. The molecule has 2 unspecified atom stereocenters. The molecule has 56 valence electrons. The predicted molar refractivity (Wildman–Crippen MR) is 32.2 cm³/mol. The number of nitrogens with zero attached hydrogens (tertiary/aromatic N) is 1. The van der Waals surface area contributed by atoms with E-state index < -0.39 is 16.5 Å². The monoisotopic (exact) mass is 163 g/mol. The van der Waals surface area contributed by atoms with Crippen LogP contribution in [0.3, 0.4) is 0 Å². The van der Waals surface area contributed by atoms with E-state index in [2.05, 4.69) is 9.40 Å². The molecule has 0 bridgehead atoms. The van der Waals surface area contributed by atoms with Gasteiger partial charge in [-0.15, -0.1) is 0 Å². The molecule has 0 aromatic carbocycles. The number of hydrogen-bond acceptors (Lipinski definition) is 4. The summed E-state index contributed by atoms with van der Waals surface area (Å²) in [5.74, 6) is -0.152. The van der Waals surface area contributed by atoms with Crippen LogP contribution in [-0.2, 0) is 11.1 Å². The first kappa shape index (κ1) is 7.39. The Morgan fingerprint density at radius 1 is 1.80 bits per heavy atom. The minimum atomic E-state index is -2.34. The average molecular weight is 163 g/mol. The van der Waals surface area contributed by atoms with Crippen molar-refractivity contribution in [2.24, 2.45) is 0 Å². The lowest BCUT2D eigenvalue weighted by atomic mass is 10.7. The van der Waals surface area contributed by atoms with Crippen molar-refractivity contribution in [3.8, 4) is 0 Å². The van der Waals surface area contributed by atoms with Crippen molar-refractivity contribution in [3.05, 3.63) is 18.4 Å². The summed E-state index contributed by atoms with van der Waals surface area (Å²) in [6, 6.07) is 0. The summed E-state index contributed by atoms with van der Waals surface area (Å²) >= 11 is -2.34. The first-order valence-electron chi connectivity index (χ1n) is 2.39. The number of aliphatic hydroxyl groups is 1. The van der Waals surface area contributed by atoms with Crippen LogP contribution in [0.15, 0.2) is 16.9 Å². The summed E-state index contributed by atoms with van der Waals surface area (Å²) in [5, 5.41) is 8.78. The number of aromatic nitrogens is 1. The molecule has 10 heavy (non-hydrogen) atoms. The third kappa shape index (κ3) is 1.41. The van der Waals surface area contributed by atoms with E-state index in [1.807, 2.05) is 0 Å². The maximum atomic E-state index is 10.2. The lowest BCUT2D eigenvalue weighted by Crippen LogP contribution is -2.03. The Balaban J connectivity index is 2.77. The first-order valence-corrected chi connectivity index (χ1v) is 3.56. The third-order valence-corrected chi connectivity index (χ3v) is 1.44. The molecule has 0 aliphatic rings. The van der Waals surface area contributed by atoms with Crippen LogP contribution >= 0.6 is 0 Å². The molecular formula is C4H5NO4S. The lowest BCUT2D eigenvalue weighted by molar-refractivity contribution is 0.213. The lowest BCUT2D eigenvalue weighted by Gasteiger charge is -1.97. The highest BCUT2D eigenvalue weighted by Gasteiger charge is 2.17. The molecule has 0 radical (unpaired) electrons. The van der Waals surface area contributed by atoms with E-state index in [0.29, 0.717) is 0 Å². The van der Waals surface area contributed by atoms with Crippen LogP contribution in [0, 0.1) is 0 Å². The minimum absolute atomic E-state index is 0.152. The van der Waals surface area contributed by atoms with Gasteiger partial charge in [0.05, 0.1) is 6.20 Å². The molecule has 5 nitrogen and oxygen atoms in total. The van der Waals surface area contributed by atoms with Crippen molar-refractivity contribution in [1.82, 2.24) is 4.98 Å². The number of oxazole rings is 1. The van der Waals surface area contributed by atoms with Gasteiger partial charge in [0.1, 0.15) is 6.26 Å². The summed E-state index contributed by atoms with van der Waals surface area (Å²) in [5.41, 5.74) is -1.55. The molecule has 2 atom stereocenters. The zero-order valence-corrected chi connectivity index (χ0v) is 5.61. The molecule has 0 spiro atoms. The van der Waals surface area contributed by atoms with E-state index in [4.69, 9.17) is 9.66 Å². The Bertz CT molecular complexity index is 221. The Morgan fingerprint density at radius 2 is 2.50 bits per heavy atom. The highest BCUT2D eigenvalue weighted by Crippen LogP contribution is 2.11. The molecule has 2 N–H and O–H groups in total. The minimum Gasteiger partial charge on any atom is -0.445 e. The van der Waals surface area contributed by atoms with E-state index in [-0.39, 0.29) is 5.89 Å². The van der Waals surface area contributed by atoms with Gasteiger partial charge in [-0.05, 0) is 0 Å². The Hall–Kier alpha value is -0.720. The molecule has 0 saturated carbocycles. The SMILES string of the molecule is O=S(O)C(O)c1ncco1. The molecule has 0 aliphatic heterocycles. The number of hydrogen-bond donors (Lipinski definition) is 2. The summed E-state index contributed by atoms with van der Waals surface area (Å²) in [6.07, 6.45) is 2.50. The summed E-state index contributed by atoms with van der Waals surface area (Å²) < 4.78 is 23.0. The van der Waals surface area contributed by atoms with Gasteiger partial charge in [0.25, 0.3) is 0 Å². The molecule has 1 heterocycles. The van der Waals surface area contributed by atoms with E-state index >= 15 is 0 Å². The van der Waals surface area contributed by atoms with E-state index in [1.54, 1.807) is 0 Å². The molecule has 1 aromatic rings. The van der Waals surface area contributed by atoms with Crippen LogP contribution in [0.2, 0.25) is 0 Å². The second kappa shape index (κ2) is 2.91. The molecule has 1 aromatic heterocycles. The van der Waals surface area contributed by atoms with Crippen molar-refractivity contribution in [1.29, 1.82) is 0 Å². The van der Waals surface area contributed by atoms with Crippen molar-refractivity contribution in [2.45, 2.75) is 5.44 Å². The van der Waals surface area contributed by atoms with Gasteiger partial charge in [-0.3, -0.25) is 0 Å². The molecule has 0 aliphatic carbocycles. The fourth-order valence-electron chi connectivity index (χ4n) is 0.443. The Morgan fingerprint density at radius 3 is 2.90 bits per heavy atom. The second-order valence-electron chi connectivity index (χ2n) is 1.50. The van der Waals surface area contributed by atoms with E-state index in [1.165, 1.54) is 12.5 Å². The second-order valence-corrected chi connectivity index (χ2v) is 2.50. The van der Waals surface area contributed by atoms with E-state index in [9.17, 15) is 4.21 Å². The number of aliphatic hydroxyl groups excluding tert-OH is 1. The smallest absolute Gasteiger partial charge is 0.238 e. The fourth-order valence-corrected chi connectivity index (χ4v) is 0.732. The van der Waals surface area contributed by atoms with Crippen molar-refractivity contribution in [3.63, 3.8) is 0 Å². The molecule has 0 amide bonds. The molecule has 0 saturated heterocycles. The third-order valence-electron chi connectivity index (χ3n) is 0.854. The van der Waals surface area contributed by atoms with Gasteiger partial charge in [-0.2, -0.15) is 0 Å². The first-order chi connectivity index (χ1) is 4.72. The van der Waals surface area contributed by atoms with Crippen LogP contribution in [0.4, 0.5) is 0 Å². The van der Waals surface area contributed by atoms with Gasteiger partial charge in [-0.1, -0.05) is 0 Å². The standard InChI is InChI=1S/C4H5NO4S/c6-4(10(7)8)3-5-1-2-9-3/h1-2,4,6H,(H,7,8). The topological polar surface area (TPSA) is 83.6 Å². The highest BCUT2D eigenvalue weighted by molar-refractivity contribution is 7.79. The average Bonchev–Trinajstić information content (AvgIpc) is 2.36. The predicted octanol–water partition coefficient (Wildman–Crippen LogP) is -0.113. The van der Waals surface area contributed by atoms with Gasteiger partial charge in [0.2, 0.25) is 11.3 Å². The van der Waals surface area contributed by atoms with Gasteiger partial charge in [-0.25, -0.2) is 9.19 Å². The van der Waals surface area contributed by atoms with Gasteiger partial charge in [0, 0.05) is 0 Å². The van der Waals surface area contributed by atoms with Gasteiger partial charge >= 0.3 is 0 Å². The Kier molecular flexibility index (Phi) is 2.15. The quantitative estimate of drug-likeness (QED) is 0.594. The Labute approximate surface area is 59.0 Å². The fraction of sp³-hybridized carbons (Fsp3) is 0.250. The van der Waals surface area contributed by atoms with Crippen LogP contribution < -0.4 is 0 Å². The zero-order valence-electron chi connectivity index (χ0n) is 4.80. The maximum absolute atomic E-state index is 10.2. The van der Waals surface area contributed by atoms with Gasteiger partial charge in [0.15, 0.2) is 11.1 Å². The van der Waals surface area contributed by atoms with Crippen LogP contribution in [0.1, 0.15) is 11.3 Å². The van der Waals surface area contributed by atoms with Crippen LogP contribution in [-0.4, -0.2) is 18.9 Å². The zero-order chi connectivity index (χ0) is 7.56. The molecule has 6 heteroatoms. The summed E-state index contributed by atoms with van der Waals surface area (Å²) in [4.78, 5) is 3.47. The highest BCUT2D eigenvalue weighted by atomic mass is 32.2. The van der Waals surface area contributed by atoms with Crippen LogP contribution in [0.25, 0.3) is 0 Å². The molecule has 0 fully saturated rings. The van der Waals surface area contributed by atoms with Crippen LogP contribution in [0.5, 0.6) is 0 Å². The summed E-state index contributed by atoms with van der Waals surface area (Å²) in [7, 11) is 0. The van der Waals surface area contributed by atoms with Crippen molar-refractivity contribution in [2.75, 3.05) is 0 Å². The maximum Gasteiger partial charge on any atom is 0.238 e. The molecular weight excluding hydrogens is 158 g/mol. The van der Waals surface area contributed by atoms with E-state index in [0.717, 1.165) is 0 Å². The van der Waals surface area contributed by atoms with Gasteiger partial charge < -0.3 is 14.1 Å². The number of rotatable bonds is 2. The molecule has 1 rings (SSSR count). The normalized spacial score (nSPS) is 16.6. The van der Waals surface area contributed by atoms with Crippen molar-refractivity contribution < 1.29 is 18.3 Å².